The molecule has 182 valence electrons. The van der Waals surface area contributed by atoms with E-state index in [4.69, 9.17) is 18.9 Å². The van der Waals surface area contributed by atoms with Gasteiger partial charge in [0.05, 0.1) is 13.2 Å². The number of unbranched alkanes of at least 4 members (excludes halogenated alkanes) is 5. The van der Waals surface area contributed by atoms with E-state index in [1.165, 1.54) is 25.7 Å². The maximum Gasteiger partial charge on any atom is 0.508 e. The Labute approximate surface area is 189 Å². The summed E-state index contributed by atoms with van der Waals surface area (Å²) in [4.78, 5) is 24.0. The first-order valence-corrected chi connectivity index (χ1v) is 12.5. The zero-order valence-electron chi connectivity index (χ0n) is 20.4. The summed E-state index contributed by atoms with van der Waals surface area (Å²) in [5.41, 5.74) is 0. The molecule has 1 rings (SSSR count). The highest BCUT2D eigenvalue weighted by Crippen LogP contribution is 2.25. The quantitative estimate of drug-likeness (QED) is 0.194. The van der Waals surface area contributed by atoms with Crippen LogP contribution in [0.15, 0.2) is 0 Å². The number of hydrogen-bond donors (Lipinski definition) is 0. The smallest absolute Gasteiger partial charge is 0.434 e. The summed E-state index contributed by atoms with van der Waals surface area (Å²) in [5, 5.41) is 0. The Morgan fingerprint density at radius 1 is 0.645 bits per heavy atom. The van der Waals surface area contributed by atoms with Gasteiger partial charge >= 0.3 is 12.3 Å². The fraction of sp³-hybridized carbons (Fsp3) is 0.920. The predicted molar refractivity (Wildman–Crippen MR) is 122 cm³/mol. The first-order valence-electron chi connectivity index (χ1n) is 12.5. The van der Waals surface area contributed by atoms with Gasteiger partial charge in [-0.2, -0.15) is 0 Å². The molecule has 0 aromatic heterocycles. The zero-order chi connectivity index (χ0) is 22.9. The van der Waals surface area contributed by atoms with Crippen molar-refractivity contribution in [3.05, 3.63) is 0 Å². The van der Waals surface area contributed by atoms with Crippen molar-refractivity contribution in [1.82, 2.24) is 0 Å². The molecular weight excluding hydrogens is 396 g/mol. The van der Waals surface area contributed by atoms with Crippen molar-refractivity contribution < 1.29 is 28.5 Å². The van der Waals surface area contributed by atoms with E-state index >= 15 is 0 Å². The average Bonchev–Trinajstić information content (AvgIpc) is 2.70. The molecule has 0 spiro atoms. The second-order valence-electron chi connectivity index (χ2n) is 9.63. The summed E-state index contributed by atoms with van der Waals surface area (Å²) >= 11 is 0. The van der Waals surface area contributed by atoms with Gasteiger partial charge < -0.3 is 18.9 Å². The van der Waals surface area contributed by atoms with Crippen LogP contribution in [0.25, 0.3) is 0 Å². The van der Waals surface area contributed by atoms with Crippen LogP contribution in [-0.2, 0) is 18.9 Å². The summed E-state index contributed by atoms with van der Waals surface area (Å²) in [6, 6.07) is 0. The largest absolute Gasteiger partial charge is 0.508 e. The van der Waals surface area contributed by atoms with E-state index in [1.807, 2.05) is 0 Å². The lowest BCUT2D eigenvalue weighted by molar-refractivity contribution is -0.0713. The van der Waals surface area contributed by atoms with Crippen molar-refractivity contribution in [1.29, 1.82) is 0 Å². The molecule has 2 atom stereocenters. The van der Waals surface area contributed by atoms with E-state index in [-0.39, 0.29) is 0 Å². The van der Waals surface area contributed by atoms with Crippen molar-refractivity contribution in [3.8, 4) is 0 Å². The van der Waals surface area contributed by atoms with Crippen LogP contribution < -0.4 is 0 Å². The summed E-state index contributed by atoms with van der Waals surface area (Å²) in [7, 11) is 0. The first-order chi connectivity index (χ1) is 14.9. The summed E-state index contributed by atoms with van der Waals surface area (Å²) in [6.07, 6.45) is 10.8. The van der Waals surface area contributed by atoms with Gasteiger partial charge in [0, 0.05) is 0 Å². The van der Waals surface area contributed by atoms with E-state index < -0.39 is 24.5 Å². The van der Waals surface area contributed by atoms with Crippen molar-refractivity contribution in [3.63, 3.8) is 0 Å². The highest BCUT2D eigenvalue weighted by Gasteiger charge is 2.32. The number of carbonyl (C=O) groups is 2. The second kappa shape index (κ2) is 17.1. The minimum absolute atomic E-state index is 0.364. The third-order valence-corrected chi connectivity index (χ3v) is 5.68. The third kappa shape index (κ3) is 15.1. The lowest BCUT2D eigenvalue weighted by atomic mass is 9.95. The maximum absolute atomic E-state index is 12.0. The number of carbonyl (C=O) groups excluding carboxylic acids is 2. The molecule has 0 radical (unpaired) electrons. The standard InChI is InChI=1S/C25H46O6/c1-20(2)14-8-6-5-7-12-18-28-24(26)30-22-16-9-10-17-23(22)31-25(27)29-19-13-11-15-21(3)4/h20-23H,5-19H2,1-4H3. The van der Waals surface area contributed by atoms with Crippen molar-refractivity contribution >= 4 is 12.3 Å². The Morgan fingerprint density at radius 3 is 1.52 bits per heavy atom. The number of ether oxygens (including phenoxy) is 4. The predicted octanol–water partition coefficient (Wildman–Crippen LogP) is 7.43. The van der Waals surface area contributed by atoms with Gasteiger partial charge in [0.25, 0.3) is 0 Å². The van der Waals surface area contributed by atoms with Gasteiger partial charge in [-0.05, 0) is 56.8 Å². The Bertz CT molecular complexity index is 477. The van der Waals surface area contributed by atoms with E-state index in [9.17, 15) is 9.59 Å². The van der Waals surface area contributed by atoms with Gasteiger partial charge in [0.2, 0.25) is 0 Å². The van der Waals surface area contributed by atoms with Gasteiger partial charge in [-0.1, -0.05) is 66.2 Å². The normalized spacial score (nSPS) is 18.8. The first kappa shape index (κ1) is 27.6. The maximum atomic E-state index is 12.0. The molecule has 0 aromatic carbocycles. The van der Waals surface area contributed by atoms with Crippen LogP contribution >= 0.6 is 0 Å². The summed E-state index contributed by atoms with van der Waals surface area (Å²) in [6.45, 7) is 9.60. The van der Waals surface area contributed by atoms with Gasteiger partial charge in [0.1, 0.15) is 12.2 Å². The Hall–Kier alpha value is -1.46. The van der Waals surface area contributed by atoms with Crippen LogP contribution in [0.3, 0.4) is 0 Å². The summed E-state index contributed by atoms with van der Waals surface area (Å²) in [5.74, 6) is 1.42. The highest BCUT2D eigenvalue weighted by atomic mass is 16.8. The molecule has 6 nitrogen and oxygen atoms in total. The molecule has 6 heteroatoms. The Morgan fingerprint density at radius 2 is 1.03 bits per heavy atom. The molecule has 0 amide bonds. The third-order valence-electron chi connectivity index (χ3n) is 5.68. The summed E-state index contributed by atoms with van der Waals surface area (Å²) < 4.78 is 21.3. The molecule has 1 fully saturated rings. The van der Waals surface area contributed by atoms with E-state index in [1.54, 1.807) is 0 Å². The number of rotatable bonds is 15. The van der Waals surface area contributed by atoms with Crippen molar-refractivity contribution in [2.24, 2.45) is 11.8 Å². The van der Waals surface area contributed by atoms with Crippen LogP contribution in [0.4, 0.5) is 9.59 Å². The van der Waals surface area contributed by atoms with Crippen molar-refractivity contribution in [2.75, 3.05) is 13.2 Å². The molecule has 0 aromatic rings. The minimum Gasteiger partial charge on any atom is -0.434 e. The Balaban J connectivity index is 2.16. The average molecular weight is 443 g/mol. The van der Waals surface area contributed by atoms with Crippen LogP contribution in [0.1, 0.15) is 111 Å². The topological polar surface area (TPSA) is 71.1 Å². The lowest BCUT2D eigenvalue weighted by Gasteiger charge is -2.29. The van der Waals surface area contributed by atoms with Crippen LogP contribution in [-0.4, -0.2) is 37.7 Å². The van der Waals surface area contributed by atoms with Crippen LogP contribution in [0, 0.1) is 11.8 Å². The molecule has 0 heterocycles. The molecule has 0 N–H and O–H groups in total. The molecule has 2 unspecified atom stereocenters. The van der Waals surface area contributed by atoms with Crippen LogP contribution in [0.5, 0.6) is 0 Å². The SMILES string of the molecule is CC(C)CCCCCCCOC(=O)OC1CCCCC1OC(=O)OCCCCC(C)C. The molecule has 1 aliphatic rings. The van der Waals surface area contributed by atoms with E-state index in [0.29, 0.717) is 32.0 Å². The second-order valence-corrected chi connectivity index (χ2v) is 9.63. The molecule has 31 heavy (non-hydrogen) atoms. The van der Waals surface area contributed by atoms with Gasteiger partial charge in [-0.25, -0.2) is 9.59 Å². The molecule has 1 saturated carbocycles. The lowest BCUT2D eigenvalue weighted by Crippen LogP contribution is -2.38. The highest BCUT2D eigenvalue weighted by molar-refractivity contribution is 5.61. The zero-order valence-corrected chi connectivity index (χ0v) is 20.4. The minimum atomic E-state index is -0.670. The monoisotopic (exact) mass is 442 g/mol. The van der Waals surface area contributed by atoms with Gasteiger partial charge in [0.15, 0.2) is 0 Å². The van der Waals surface area contributed by atoms with E-state index in [0.717, 1.165) is 50.9 Å². The molecule has 0 bridgehead atoms. The molecule has 0 aliphatic heterocycles. The Kier molecular flexibility index (Phi) is 15.2. The van der Waals surface area contributed by atoms with E-state index in [2.05, 4.69) is 27.7 Å². The van der Waals surface area contributed by atoms with Gasteiger partial charge in [-0.15, -0.1) is 0 Å². The fourth-order valence-corrected chi connectivity index (χ4v) is 3.80. The number of hydrogen-bond acceptors (Lipinski definition) is 6. The molecular formula is C25H46O6. The van der Waals surface area contributed by atoms with Crippen LogP contribution in [0.2, 0.25) is 0 Å². The van der Waals surface area contributed by atoms with Crippen molar-refractivity contribution in [2.45, 2.75) is 123 Å². The fourth-order valence-electron chi connectivity index (χ4n) is 3.80. The molecule has 1 aliphatic carbocycles. The van der Waals surface area contributed by atoms with Gasteiger partial charge in [-0.3, -0.25) is 0 Å². The molecule has 0 saturated heterocycles.